The van der Waals surface area contributed by atoms with E-state index < -0.39 is 0 Å². The zero-order valence-electron chi connectivity index (χ0n) is 9.08. The van der Waals surface area contributed by atoms with Crippen molar-refractivity contribution >= 4 is 50.9 Å². The van der Waals surface area contributed by atoms with Crippen LogP contribution in [0.3, 0.4) is 0 Å². The Morgan fingerprint density at radius 1 is 1.17 bits per heavy atom. The number of halogens is 3. The fourth-order valence-corrected chi connectivity index (χ4v) is 3.77. The van der Waals surface area contributed by atoms with Gasteiger partial charge in [-0.2, -0.15) is 11.8 Å². The molecule has 1 aromatic heterocycles. The maximum absolute atomic E-state index is 6.20. The van der Waals surface area contributed by atoms with E-state index in [2.05, 4.69) is 25.9 Å². The van der Waals surface area contributed by atoms with Crippen LogP contribution in [0.5, 0.6) is 0 Å². The van der Waals surface area contributed by atoms with Crippen molar-refractivity contribution in [3.8, 4) is 11.4 Å². The summed E-state index contributed by atoms with van der Waals surface area (Å²) in [6.45, 7) is 0. The van der Waals surface area contributed by atoms with Crippen molar-refractivity contribution in [2.75, 3.05) is 0 Å². The molecular weight excluding hydrogens is 355 g/mol. The molecule has 0 saturated heterocycles. The van der Waals surface area contributed by atoms with Gasteiger partial charge in [0.15, 0.2) is 5.82 Å². The molecule has 18 heavy (non-hydrogen) atoms. The quantitative estimate of drug-likeness (QED) is 0.671. The largest absolute Gasteiger partial charge is 0.232 e. The summed E-state index contributed by atoms with van der Waals surface area (Å²) in [6, 6.07) is 5.54. The second-order valence-corrected chi connectivity index (χ2v) is 6.51. The van der Waals surface area contributed by atoms with E-state index in [1.54, 1.807) is 11.8 Å². The van der Waals surface area contributed by atoms with Crippen LogP contribution in [-0.4, -0.2) is 9.97 Å². The number of thioether (sulfide) groups is 1. The Kier molecular flexibility index (Phi) is 3.54. The molecule has 0 saturated carbocycles. The van der Waals surface area contributed by atoms with Gasteiger partial charge in [0.25, 0.3) is 0 Å². The average molecular weight is 362 g/mol. The Labute approximate surface area is 127 Å². The number of hydrogen-bond acceptors (Lipinski definition) is 3. The predicted octanol–water partition coefficient (Wildman–Crippen LogP) is 4.96. The maximum Gasteiger partial charge on any atom is 0.162 e. The molecule has 1 aliphatic rings. The Morgan fingerprint density at radius 2 is 2.00 bits per heavy atom. The molecule has 92 valence electrons. The highest BCUT2D eigenvalue weighted by atomic mass is 79.9. The van der Waals surface area contributed by atoms with Gasteiger partial charge in [-0.25, -0.2) is 9.97 Å². The first kappa shape index (κ1) is 12.7. The van der Waals surface area contributed by atoms with Crippen LogP contribution >= 0.6 is 50.9 Å². The van der Waals surface area contributed by atoms with Gasteiger partial charge in [-0.3, -0.25) is 0 Å². The third-order valence-corrected chi connectivity index (χ3v) is 4.91. The monoisotopic (exact) mass is 360 g/mol. The molecule has 0 radical (unpaired) electrons. The first-order valence-electron chi connectivity index (χ1n) is 5.23. The van der Waals surface area contributed by atoms with Crippen molar-refractivity contribution in [1.82, 2.24) is 9.97 Å². The molecular formula is C12H7BrCl2N2S. The molecule has 0 N–H and O–H groups in total. The van der Waals surface area contributed by atoms with E-state index in [0.29, 0.717) is 16.0 Å². The van der Waals surface area contributed by atoms with Crippen LogP contribution in [0.15, 0.2) is 22.7 Å². The Hall–Kier alpha value is -0.290. The van der Waals surface area contributed by atoms with Crippen molar-refractivity contribution in [1.29, 1.82) is 0 Å². The van der Waals surface area contributed by atoms with Crippen LogP contribution in [-0.2, 0) is 11.5 Å². The molecule has 6 heteroatoms. The van der Waals surface area contributed by atoms with Gasteiger partial charge in [-0.1, -0.05) is 39.1 Å². The second kappa shape index (κ2) is 5.00. The standard InChI is InChI=1S/C12H7BrCl2N2S/c13-9-2-1-6(14)3-7(9)12-16-10-5-18-4-8(10)11(15)17-12/h1-3H,4-5H2. The van der Waals surface area contributed by atoms with Gasteiger partial charge >= 0.3 is 0 Å². The zero-order chi connectivity index (χ0) is 12.7. The lowest BCUT2D eigenvalue weighted by Crippen LogP contribution is -1.98. The molecule has 2 nitrogen and oxygen atoms in total. The van der Waals surface area contributed by atoms with Crippen molar-refractivity contribution in [3.63, 3.8) is 0 Å². The topological polar surface area (TPSA) is 25.8 Å². The van der Waals surface area contributed by atoms with Gasteiger partial charge in [-0.05, 0) is 18.2 Å². The highest BCUT2D eigenvalue weighted by Crippen LogP contribution is 2.36. The fraction of sp³-hybridized carbons (Fsp3) is 0.167. The SMILES string of the molecule is Clc1ccc(Br)c(-c2nc(Cl)c3c(n2)CSC3)c1. The first-order valence-corrected chi connectivity index (χ1v) is 7.94. The summed E-state index contributed by atoms with van der Waals surface area (Å²) in [5.74, 6) is 2.41. The molecule has 2 aromatic rings. The Bertz CT molecular complexity index is 634. The Morgan fingerprint density at radius 3 is 2.83 bits per heavy atom. The molecule has 0 atom stereocenters. The van der Waals surface area contributed by atoms with Crippen molar-refractivity contribution in [3.05, 3.63) is 44.1 Å². The van der Waals surface area contributed by atoms with Gasteiger partial charge in [0.1, 0.15) is 5.15 Å². The van der Waals surface area contributed by atoms with Crippen LogP contribution in [0.2, 0.25) is 10.2 Å². The van der Waals surface area contributed by atoms with Crippen LogP contribution in [0.1, 0.15) is 11.3 Å². The number of hydrogen-bond donors (Lipinski definition) is 0. The molecule has 0 amide bonds. The first-order chi connectivity index (χ1) is 8.65. The van der Waals surface area contributed by atoms with Crippen molar-refractivity contribution in [2.24, 2.45) is 0 Å². The number of fused-ring (bicyclic) bond motifs is 1. The highest BCUT2D eigenvalue weighted by molar-refractivity contribution is 9.10. The van der Waals surface area contributed by atoms with E-state index in [1.165, 1.54) is 0 Å². The second-order valence-electron chi connectivity index (χ2n) is 3.88. The molecule has 0 fully saturated rings. The third kappa shape index (κ3) is 2.27. The van der Waals surface area contributed by atoms with Crippen LogP contribution in [0.4, 0.5) is 0 Å². The molecule has 2 heterocycles. The summed E-state index contributed by atoms with van der Waals surface area (Å²) in [4.78, 5) is 8.95. The number of benzene rings is 1. The normalized spacial score (nSPS) is 13.7. The molecule has 3 rings (SSSR count). The van der Waals surface area contributed by atoms with Crippen LogP contribution in [0.25, 0.3) is 11.4 Å². The number of nitrogens with zero attached hydrogens (tertiary/aromatic N) is 2. The summed E-state index contributed by atoms with van der Waals surface area (Å²) in [5, 5.41) is 1.20. The van der Waals surface area contributed by atoms with E-state index in [1.807, 2.05) is 18.2 Å². The van der Waals surface area contributed by atoms with Crippen LogP contribution in [0, 0.1) is 0 Å². The molecule has 0 aliphatic carbocycles. The van der Waals surface area contributed by atoms with E-state index in [0.717, 1.165) is 32.8 Å². The summed E-state index contributed by atoms with van der Waals surface area (Å²) >= 11 is 17.5. The minimum atomic E-state index is 0.548. The summed E-state index contributed by atoms with van der Waals surface area (Å²) in [7, 11) is 0. The van der Waals surface area contributed by atoms with E-state index in [-0.39, 0.29) is 0 Å². The van der Waals surface area contributed by atoms with Gasteiger partial charge in [0.05, 0.1) is 5.69 Å². The van der Waals surface area contributed by atoms with E-state index >= 15 is 0 Å². The van der Waals surface area contributed by atoms with Gasteiger partial charge in [-0.15, -0.1) is 0 Å². The zero-order valence-corrected chi connectivity index (χ0v) is 13.0. The summed E-state index contributed by atoms with van der Waals surface area (Å²) < 4.78 is 0.911. The average Bonchev–Trinajstić information content (AvgIpc) is 2.81. The Balaban J connectivity index is 2.18. The lowest BCUT2D eigenvalue weighted by molar-refractivity contribution is 1.07. The minimum absolute atomic E-state index is 0.548. The fourth-order valence-electron chi connectivity index (χ4n) is 1.80. The molecule has 0 bridgehead atoms. The van der Waals surface area contributed by atoms with Crippen molar-refractivity contribution in [2.45, 2.75) is 11.5 Å². The van der Waals surface area contributed by atoms with E-state index in [9.17, 15) is 0 Å². The molecule has 1 aliphatic heterocycles. The number of aromatic nitrogens is 2. The number of rotatable bonds is 1. The molecule has 0 unspecified atom stereocenters. The lowest BCUT2D eigenvalue weighted by Gasteiger charge is -2.07. The van der Waals surface area contributed by atoms with Gasteiger partial charge in [0.2, 0.25) is 0 Å². The summed E-state index contributed by atoms with van der Waals surface area (Å²) in [6.07, 6.45) is 0. The minimum Gasteiger partial charge on any atom is -0.232 e. The predicted molar refractivity (Wildman–Crippen MR) is 80.2 cm³/mol. The van der Waals surface area contributed by atoms with Crippen LogP contribution < -0.4 is 0 Å². The molecule has 1 aromatic carbocycles. The van der Waals surface area contributed by atoms with E-state index in [4.69, 9.17) is 23.2 Å². The smallest absolute Gasteiger partial charge is 0.162 e. The third-order valence-electron chi connectivity index (χ3n) is 2.70. The maximum atomic E-state index is 6.20. The summed E-state index contributed by atoms with van der Waals surface area (Å²) in [5.41, 5.74) is 2.95. The van der Waals surface area contributed by atoms with Crippen molar-refractivity contribution < 1.29 is 0 Å². The lowest BCUT2D eigenvalue weighted by atomic mass is 10.2. The molecule has 0 spiro atoms. The highest BCUT2D eigenvalue weighted by Gasteiger charge is 2.20. The van der Waals surface area contributed by atoms with Gasteiger partial charge in [0, 0.05) is 32.1 Å². The van der Waals surface area contributed by atoms with Gasteiger partial charge < -0.3 is 0 Å².